The Kier molecular flexibility index (Phi) is 4.62. The van der Waals surface area contributed by atoms with Crippen LogP contribution < -0.4 is 4.90 Å². The number of halogens is 3. The minimum atomic E-state index is -4.48. The van der Waals surface area contributed by atoms with Gasteiger partial charge in [-0.15, -0.1) is 0 Å². The largest absolute Gasteiger partial charge is 0.508 e. The van der Waals surface area contributed by atoms with Crippen molar-refractivity contribution in [2.24, 2.45) is 0 Å². The maximum absolute atomic E-state index is 12.9. The molecular weight excluding hydrogens is 375 g/mol. The second-order valence-electron chi connectivity index (χ2n) is 6.78. The van der Waals surface area contributed by atoms with Crippen LogP contribution >= 0.6 is 0 Å². The highest BCUT2D eigenvalue weighted by Crippen LogP contribution is 2.36. The number of carbonyl (C=O) groups excluding carboxylic acids is 1. The summed E-state index contributed by atoms with van der Waals surface area (Å²) >= 11 is 0. The zero-order valence-corrected chi connectivity index (χ0v) is 14.9. The molecule has 2 aliphatic rings. The van der Waals surface area contributed by atoms with E-state index in [2.05, 4.69) is 4.98 Å². The number of anilines is 1. The number of phenols is 1. The molecule has 0 atom stereocenters. The summed E-state index contributed by atoms with van der Waals surface area (Å²) in [6, 6.07) is 7.89. The lowest BCUT2D eigenvalue weighted by atomic mass is 10.0. The molecule has 1 aromatic carbocycles. The van der Waals surface area contributed by atoms with E-state index in [1.165, 1.54) is 12.1 Å². The molecule has 0 bridgehead atoms. The fraction of sp³-hybridized carbons (Fsp3) is 0.368. The zero-order valence-electron chi connectivity index (χ0n) is 14.9. The smallest absolute Gasteiger partial charge is 0.406 e. The van der Waals surface area contributed by atoms with Crippen LogP contribution in [0.4, 0.5) is 19.0 Å². The van der Waals surface area contributed by atoms with Gasteiger partial charge in [-0.2, -0.15) is 13.2 Å². The molecule has 148 valence electrons. The second kappa shape index (κ2) is 6.97. The summed E-state index contributed by atoms with van der Waals surface area (Å²) in [5, 5.41) is 9.82. The fourth-order valence-corrected chi connectivity index (χ4v) is 3.53. The first-order valence-corrected chi connectivity index (χ1v) is 8.84. The van der Waals surface area contributed by atoms with Crippen LogP contribution in [-0.4, -0.2) is 59.9 Å². The van der Waals surface area contributed by atoms with E-state index in [0.29, 0.717) is 48.9 Å². The van der Waals surface area contributed by atoms with Crippen LogP contribution in [0.15, 0.2) is 30.3 Å². The molecule has 28 heavy (non-hydrogen) atoms. The topological polar surface area (TPSA) is 65.9 Å². The lowest BCUT2D eigenvalue weighted by Crippen LogP contribution is -2.37. The number of hydrogen-bond acceptors (Lipinski definition) is 5. The number of morpholine rings is 1. The Hall–Kier alpha value is -2.81. The number of phenolic OH excluding ortho intramolecular Hbond substituents is 1. The van der Waals surface area contributed by atoms with Crippen LogP contribution in [0.25, 0.3) is 11.3 Å². The SMILES string of the molecule is O=C1c2cc(N3CCOCC3)nc(-c3cccc(O)c3)c2CN1CC(F)(F)F. The fourth-order valence-electron chi connectivity index (χ4n) is 3.53. The third-order valence-corrected chi connectivity index (χ3v) is 4.80. The van der Waals surface area contributed by atoms with E-state index in [1.807, 2.05) is 4.90 Å². The number of hydrogen-bond donors (Lipinski definition) is 1. The van der Waals surface area contributed by atoms with Gasteiger partial charge in [-0.3, -0.25) is 4.79 Å². The van der Waals surface area contributed by atoms with Crippen LogP contribution in [0.5, 0.6) is 5.75 Å². The van der Waals surface area contributed by atoms with E-state index in [-0.39, 0.29) is 17.9 Å². The maximum Gasteiger partial charge on any atom is 0.406 e. The van der Waals surface area contributed by atoms with Gasteiger partial charge in [-0.25, -0.2) is 4.98 Å². The van der Waals surface area contributed by atoms with Gasteiger partial charge in [0.2, 0.25) is 0 Å². The van der Waals surface area contributed by atoms with Crippen molar-refractivity contribution in [2.75, 3.05) is 37.7 Å². The van der Waals surface area contributed by atoms with Crippen LogP contribution in [0.1, 0.15) is 15.9 Å². The molecule has 6 nitrogen and oxygen atoms in total. The van der Waals surface area contributed by atoms with E-state index in [1.54, 1.807) is 18.2 Å². The standard InChI is InChI=1S/C19H18F3N3O3/c20-19(21,22)11-25-10-15-14(18(25)27)9-16(24-4-6-28-7-5-24)23-17(15)12-2-1-3-13(26)8-12/h1-3,8-9,26H,4-7,10-11H2. The van der Waals surface area contributed by atoms with Gasteiger partial charge in [0.1, 0.15) is 18.1 Å². The number of benzene rings is 1. The Morgan fingerprint density at radius 3 is 2.61 bits per heavy atom. The quantitative estimate of drug-likeness (QED) is 0.869. The number of pyridine rings is 1. The Bertz CT molecular complexity index is 911. The molecule has 1 fully saturated rings. The van der Waals surface area contributed by atoms with E-state index >= 15 is 0 Å². The normalized spacial score (nSPS) is 17.2. The third-order valence-electron chi connectivity index (χ3n) is 4.80. The van der Waals surface area contributed by atoms with Gasteiger partial charge in [-0.05, 0) is 18.2 Å². The summed E-state index contributed by atoms with van der Waals surface area (Å²) in [4.78, 5) is 20.0. The van der Waals surface area contributed by atoms with Crippen molar-refractivity contribution in [3.8, 4) is 17.0 Å². The molecule has 9 heteroatoms. The number of alkyl halides is 3. The first-order valence-electron chi connectivity index (χ1n) is 8.84. The van der Waals surface area contributed by atoms with Crippen LogP contribution in [0.2, 0.25) is 0 Å². The van der Waals surface area contributed by atoms with E-state index < -0.39 is 18.6 Å². The Balaban J connectivity index is 1.80. The third kappa shape index (κ3) is 3.62. The van der Waals surface area contributed by atoms with Crippen molar-refractivity contribution in [1.82, 2.24) is 9.88 Å². The Morgan fingerprint density at radius 1 is 1.18 bits per heavy atom. The summed E-state index contributed by atoms with van der Waals surface area (Å²) < 4.78 is 44.0. The summed E-state index contributed by atoms with van der Waals surface area (Å²) in [5.41, 5.74) is 1.62. The number of carbonyl (C=O) groups is 1. The van der Waals surface area contributed by atoms with Crippen molar-refractivity contribution in [3.63, 3.8) is 0 Å². The number of fused-ring (bicyclic) bond motifs is 1. The molecule has 0 spiro atoms. The number of aromatic hydroxyl groups is 1. The molecule has 1 saturated heterocycles. The molecule has 0 unspecified atom stereocenters. The minimum absolute atomic E-state index is 0.0151. The first kappa shape index (κ1) is 18.5. The Morgan fingerprint density at radius 2 is 1.93 bits per heavy atom. The lowest BCUT2D eigenvalue weighted by Gasteiger charge is -2.28. The van der Waals surface area contributed by atoms with Crippen molar-refractivity contribution >= 4 is 11.7 Å². The van der Waals surface area contributed by atoms with Crippen molar-refractivity contribution in [3.05, 3.63) is 41.5 Å². The molecule has 1 amide bonds. The molecular formula is C19H18F3N3O3. The summed E-state index contributed by atoms with van der Waals surface area (Å²) in [6.45, 7) is 0.683. The highest BCUT2D eigenvalue weighted by molar-refractivity contribution is 6.01. The van der Waals surface area contributed by atoms with Crippen molar-refractivity contribution in [1.29, 1.82) is 0 Å². The van der Waals surface area contributed by atoms with Gasteiger partial charge < -0.3 is 19.6 Å². The zero-order chi connectivity index (χ0) is 19.9. The van der Waals surface area contributed by atoms with Crippen LogP contribution in [0, 0.1) is 0 Å². The number of amides is 1. The molecule has 2 aromatic rings. The summed E-state index contributed by atoms with van der Waals surface area (Å²) in [7, 11) is 0. The number of nitrogens with zero attached hydrogens (tertiary/aromatic N) is 3. The van der Waals surface area contributed by atoms with Crippen LogP contribution in [-0.2, 0) is 11.3 Å². The first-order chi connectivity index (χ1) is 13.3. The van der Waals surface area contributed by atoms with E-state index in [9.17, 15) is 23.1 Å². The molecule has 0 aliphatic carbocycles. The van der Waals surface area contributed by atoms with Gasteiger partial charge in [-0.1, -0.05) is 12.1 Å². The maximum atomic E-state index is 12.9. The van der Waals surface area contributed by atoms with E-state index in [0.717, 1.165) is 4.90 Å². The average Bonchev–Trinajstić information content (AvgIpc) is 2.96. The van der Waals surface area contributed by atoms with Gasteiger partial charge in [0.15, 0.2) is 0 Å². The van der Waals surface area contributed by atoms with Crippen LogP contribution in [0.3, 0.4) is 0 Å². The predicted molar refractivity (Wildman–Crippen MR) is 95.2 cm³/mol. The predicted octanol–water partition coefficient (Wildman–Crippen LogP) is 2.81. The molecule has 4 rings (SSSR count). The lowest BCUT2D eigenvalue weighted by molar-refractivity contribution is -0.140. The molecule has 1 N–H and O–H groups in total. The summed E-state index contributed by atoms with van der Waals surface area (Å²) in [6.07, 6.45) is -4.48. The average molecular weight is 393 g/mol. The van der Waals surface area contributed by atoms with Crippen molar-refractivity contribution < 1.29 is 27.8 Å². The molecule has 2 aliphatic heterocycles. The van der Waals surface area contributed by atoms with Gasteiger partial charge in [0.05, 0.1) is 24.5 Å². The number of ether oxygens (including phenoxy) is 1. The second-order valence-corrected chi connectivity index (χ2v) is 6.78. The van der Waals surface area contributed by atoms with E-state index in [4.69, 9.17) is 4.74 Å². The molecule has 0 radical (unpaired) electrons. The number of rotatable bonds is 3. The monoisotopic (exact) mass is 393 g/mol. The Labute approximate surface area is 159 Å². The molecule has 3 heterocycles. The molecule has 0 saturated carbocycles. The minimum Gasteiger partial charge on any atom is -0.508 e. The number of aromatic nitrogens is 1. The van der Waals surface area contributed by atoms with Gasteiger partial charge in [0, 0.05) is 30.8 Å². The van der Waals surface area contributed by atoms with Gasteiger partial charge in [0.25, 0.3) is 5.91 Å². The molecule has 1 aromatic heterocycles. The summed E-state index contributed by atoms with van der Waals surface area (Å²) in [5.74, 6) is -0.130. The van der Waals surface area contributed by atoms with Crippen molar-refractivity contribution in [2.45, 2.75) is 12.7 Å². The highest BCUT2D eigenvalue weighted by Gasteiger charge is 2.39. The highest BCUT2D eigenvalue weighted by atomic mass is 19.4. The van der Waals surface area contributed by atoms with Gasteiger partial charge >= 0.3 is 6.18 Å².